The van der Waals surface area contributed by atoms with Crippen LogP contribution < -0.4 is 15.4 Å². The molecule has 144 valence electrons. The molecule has 5 heteroatoms. The fourth-order valence-corrected chi connectivity index (χ4v) is 3.61. The summed E-state index contributed by atoms with van der Waals surface area (Å²) in [5, 5.41) is 6.94. The van der Waals surface area contributed by atoms with E-state index in [2.05, 4.69) is 59.5 Å². The Balaban J connectivity index is 1.48. The first-order chi connectivity index (χ1) is 12.5. The van der Waals surface area contributed by atoms with Crippen molar-refractivity contribution in [2.75, 3.05) is 26.7 Å². The highest BCUT2D eigenvalue weighted by Crippen LogP contribution is 2.31. The van der Waals surface area contributed by atoms with Gasteiger partial charge in [0.05, 0.1) is 6.10 Å². The Kier molecular flexibility index (Phi) is 6.41. The second-order valence-corrected chi connectivity index (χ2v) is 7.97. The fourth-order valence-electron chi connectivity index (χ4n) is 3.61. The van der Waals surface area contributed by atoms with E-state index in [1.807, 2.05) is 7.05 Å². The number of nitrogens with one attached hydrogen (secondary N) is 2. The number of ether oxygens (including phenoxy) is 1. The molecular formula is C21H34N4O. The second-order valence-electron chi connectivity index (χ2n) is 7.97. The molecule has 3 rings (SSSR count). The average Bonchev–Trinajstić information content (AvgIpc) is 3.35. The quantitative estimate of drug-likeness (QED) is 0.581. The minimum absolute atomic E-state index is 0.171. The summed E-state index contributed by atoms with van der Waals surface area (Å²) < 4.78 is 5.97. The standard InChI is InChI=1S/C21H34N4O/c1-15(2)26-20-11-16(3)5-6-18(20)13-24-21(22-4)23-12-17-9-10-25(14-17)19-7-8-19/h5-6,11,15,17,19H,7-10,12-14H2,1-4H3,(H2,22,23,24). The number of likely N-dealkylation sites (tertiary alicyclic amines) is 1. The van der Waals surface area contributed by atoms with Gasteiger partial charge in [0, 0.05) is 38.3 Å². The van der Waals surface area contributed by atoms with Crippen molar-refractivity contribution in [3.8, 4) is 5.75 Å². The third-order valence-corrected chi connectivity index (χ3v) is 5.19. The topological polar surface area (TPSA) is 48.9 Å². The van der Waals surface area contributed by atoms with Gasteiger partial charge in [0.25, 0.3) is 0 Å². The van der Waals surface area contributed by atoms with Crippen LogP contribution in [0.3, 0.4) is 0 Å². The number of nitrogens with zero attached hydrogens (tertiary/aromatic N) is 2. The average molecular weight is 359 g/mol. The Hall–Kier alpha value is -1.75. The summed E-state index contributed by atoms with van der Waals surface area (Å²) in [5.74, 6) is 2.55. The van der Waals surface area contributed by atoms with Gasteiger partial charge in [-0.15, -0.1) is 0 Å². The Morgan fingerprint density at radius 2 is 2.08 bits per heavy atom. The molecular weight excluding hydrogens is 324 g/mol. The minimum Gasteiger partial charge on any atom is -0.491 e. The highest BCUT2D eigenvalue weighted by atomic mass is 16.5. The van der Waals surface area contributed by atoms with Crippen molar-refractivity contribution in [3.05, 3.63) is 29.3 Å². The van der Waals surface area contributed by atoms with Gasteiger partial charge in [0.1, 0.15) is 5.75 Å². The number of benzene rings is 1. The van der Waals surface area contributed by atoms with Gasteiger partial charge >= 0.3 is 0 Å². The molecule has 2 N–H and O–H groups in total. The minimum atomic E-state index is 0.171. The second kappa shape index (κ2) is 8.76. The third kappa shape index (κ3) is 5.37. The number of hydrogen-bond donors (Lipinski definition) is 2. The highest BCUT2D eigenvalue weighted by molar-refractivity contribution is 5.79. The van der Waals surface area contributed by atoms with E-state index in [-0.39, 0.29) is 6.10 Å². The molecule has 1 aromatic rings. The molecule has 1 atom stereocenters. The maximum absolute atomic E-state index is 5.97. The molecule has 1 saturated carbocycles. The number of aliphatic imine (C=N–C) groups is 1. The van der Waals surface area contributed by atoms with Crippen LogP contribution in [0.4, 0.5) is 0 Å². The summed E-state index contributed by atoms with van der Waals surface area (Å²) >= 11 is 0. The molecule has 2 aliphatic rings. The number of guanidine groups is 1. The van der Waals surface area contributed by atoms with E-state index >= 15 is 0 Å². The predicted octanol–water partition coefficient (Wildman–Crippen LogP) is 2.93. The van der Waals surface area contributed by atoms with Crippen LogP contribution in [0, 0.1) is 12.8 Å². The van der Waals surface area contributed by atoms with Gasteiger partial charge in [-0.1, -0.05) is 12.1 Å². The maximum Gasteiger partial charge on any atom is 0.191 e. The van der Waals surface area contributed by atoms with Crippen LogP contribution in [0.2, 0.25) is 0 Å². The lowest BCUT2D eigenvalue weighted by Gasteiger charge is -2.18. The van der Waals surface area contributed by atoms with Crippen LogP contribution >= 0.6 is 0 Å². The molecule has 1 aliphatic heterocycles. The summed E-state index contributed by atoms with van der Waals surface area (Å²) in [6.07, 6.45) is 4.27. The Morgan fingerprint density at radius 3 is 2.77 bits per heavy atom. The lowest BCUT2D eigenvalue weighted by molar-refractivity contribution is 0.239. The van der Waals surface area contributed by atoms with E-state index in [4.69, 9.17) is 4.74 Å². The first kappa shape index (κ1) is 19.0. The number of rotatable bonds is 7. The maximum atomic E-state index is 5.97. The molecule has 5 nitrogen and oxygen atoms in total. The zero-order chi connectivity index (χ0) is 18.5. The van der Waals surface area contributed by atoms with Gasteiger partial charge in [0.15, 0.2) is 5.96 Å². The van der Waals surface area contributed by atoms with Crippen molar-refractivity contribution in [2.24, 2.45) is 10.9 Å². The molecule has 1 unspecified atom stereocenters. The lowest BCUT2D eigenvalue weighted by Crippen LogP contribution is -2.40. The van der Waals surface area contributed by atoms with Crippen molar-refractivity contribution in [3.63, 3.8) is 0 Å². The van der Waals surface area contributed by atoms with Crippen LogP contribution in [0.5, 0.6) is 5.75 Å². The van der Waals surface area contributed by atoms with Gasteiger partial charge in [-0.05, 0) is 64.1 Å². The van der Waals surface area contributed by atoms with Crippen LogP contribution in [-0.4, -0.2) is 49.7 Å². The molecule has 1 saturated heterocycles. The van der Waals surface area contributed by atoms with Crippen molar-refractivity contribution in [2.45, 2.75) is 58.7 Å². The van der Waals surface area contributed by atoms with Crippen LogP contribution in [0.25, 0.3) is 0 Å². The van der Waals surface area contributed by atoms with Gasteiger partial charge < -0.3 is 20.3 Å². The summed E-state index contributed by atoms with van der Waals surface area (Å²) in [4.78, 5) is 7.04. The van der Waals surface area contributed by atoms with E-state index in [0.717, 1.165) is 35.8 Å². The lowest BCUT2D eigenvalue weighted by atomic mass is 10.1. The van der Waals surface area contributed by atoms with Crippen molar-refractivity contribution in [1.29, 1.82) is 0 Å². The fraction of sp³-hybridized carbons (Fsp3) is 0.667. The number of hydrogen-bond acceptors (Lipinski definition) is 3. The summed E-state index contributed by atoms with van der Waals surface area (Å²) in [7, 11) is 1.83. The van der Waals surface area contributed by atoms with Gasteiger partial charge in [-0.3, -0.25) is 4.99 Å². The van der Waals surface area contributed by atoms with Crippen molar-refractivity contribution in [1.82, 2.24) is 15.5 Å². The van der Waals surface area contributed by atoms with Crippen molar-refractivity contribution >= 4 is 5.96 Å². The smallest absolute Gasteiger partial charge is 0.191 e. The molecule has 1 heterocycles. The highest BCUT2D eigenvalue weighted by Gasteiger charge is 2.34. The summed E-state index contributed by atoms with van der Waals surface area (Å²) in [6.45, 7) is 10.4. The molecule has 0 amide bonds. The van der Waals surface area contributed by atoms with E-state index in [1.165, 1.54) is 37.9 Å². The molecule has 0 spiro atoms. The summed E-state index contributed by atoms with van der Waals surface area (Å²) in [6, 6.07) is 7.26. The normalized spacial score (nSPS) is 21.3. The largest absolute Gasteiger partial charge is 0.491 e. The van der Waals surface area contributed by atoms with Crippen molar-refractivity contribution < 1.29 is 4.74 Å². The summed E-state index contributed by atoms with van der Waals surface area (Å²) in [5.41, 5.74) is 2.38. The molecule has 0 radical (unpaired) electrons. The van der Waals surface area contributed by atoms with E-state index in [0.29, 0.717) is 6.54 Å². The van der Waals surface area contributed by atoms with Gasteiger partial charge in [-0.25, -0.2) is 0 Å². The van der Waals surface area contributed by atoms with Crippen LogP contribution in [-0.2, 0) is 6.54 Å². The Morgan fingerprint density at radius 1 is 1.27 bits per heavy atom. The third-order valence-electron chi connectivity index (χ3n) is 5.19. The predicted molar refractivity (Wildman–Crippen MR) is 108 cm³/mol. The molecule has 0 bridgehead atoms. The molecule has 2 fully saturated rings. The molecule has 1 aromatic carbocycles. The Labute approximate surface area is 158 Å². The van der Waals surface area contributed by atoms with E-state index in [9.17, 15) is 0 Å². The van der Waals surface area contributed by atoms with Gasteiger partial charge in [-0.2, -0.15) is 0 Å². The van der Waals surface area contributed by atoms with E-state index in [1.54, 1.807) is 0 Å². The van der Waals surface area contributed by atoms with Gasteiger partial charge in [0.2, 0.25) is 0 Å². The molecule has 26 heavy (non-hydrogen) atoms. The number of aryl methyl sites for hydroxylation is 1. The first-order valence-corrected chi connectivity index (χ1v) is 10.00. The van der Waals surface area contributed by atoms with Crippen LogP contribution in [0.1, 0.15) is 44.2 Å². The monoisotopic (exact) mass is 358 g/mol. The zero-order valence-electron chi connectivity index (χ0n) is 16.7. The first-order valence-electron chi connectivity index (χ1n) is 10.00. The zero-order valence-corrected chi connectivity index (χ0v) is 16.7. The van der Waals surface area contributed by atoms with Crippen LogP contribution in [0.15, 0.2) is 23.2 Å². The molecule has 1 aliphatic carbocycles. The van der Waals surface area contributed by atoms with E-state index < -0.39 is 0 Å². The SMILES string of the molecule is CN=C(NCc1ccc(C)cc1OC(C)C)NCC1CCN(C2CC2)C1. The Bertz CT molecular complexity index is 624. The molecule has 0 aromatic heterocycles.